The Morgan fingerprint density at radius 2 is 2.00 bits per heavy atom. The van der Waals surface area contributed by atoms with Crippen molar-refractivity contribution in [3.8, 4) is 0 Å². The van der Waals surface area contributed by atoms with Crippen LogP contribution in [0, 0.1) is 5.92 Å². The first kappa shape index (κ1) is 11.2. The monoisotopic (exact) mass is 217 g/mol. The van der Waals surface area contributed by atoms with E-state index in [-0.39, 0.29) is 17.9 Å². The van der Waals surface area contributed by atoms with Gasteiger partial charge in [-0.05, 0) is 25.3 Å². The summed E-state index contributed by atoms with van der Waals surface area (Å²) in [5, 5.41) is 3.09. The van der Waals surface area contributed by atoms with Crippen LogP contribution in [0.5, 0.6) is 0 Å². The van der Waals surface area contributed by atoms with E-state index in [9.17, 15) is 4.79 Å². The van der Waals surface area contributed by atoms with Crippen LogP contribution in [-0.2, 0) is 4.79 Å². The van der Waals surface area contributed by atoms with Crippen molar-refractivity contribution in [3.63, 3.8) is 0 Å². The molecule has 2 rings (SSSR count). The summed E-state index contributed by atoms with van der Waals surface area (Å²) < 4.78 is 0. The Kier molecular flexibility index (Phi) is 3.28. The minimum atomic E-state index is 0.182. The van der Waals surface area contributed by atoms with Gasteiger partial charge < -0.3 is 5.32 Å². The molecule has 1 heterocycles. The number of hydrogen-bond acceptors (Lipinski definition) is 1. The van der Waals surface area contributed by atoms with Crippen molar-refractivity contribution < 1.29 is 4.79 Å². The van der Waals surface area contributed by atoms with Crippen LogP contribution in [0.2, 0.25) is 0 Å². The van der Waals surface area contributed by atoms with Crippen LogP contribution in [0.4, 0.5) is 0 Å². The molecule has 1 aromatic carbocycles. The van der Waals surface area contributed by atoms with Crippen LogP contribution in [0.25, 0.3) is 0 Å². The zero-order valence-electron chi connectivity index (χ0n) is 9.94. The van der Waals surface area contributed by atoms with E-state index < -0.39 is 0 Å². The van der Waals surface area contributed by atoms with Gasteiger partial charge in [0.05, 0.1) is 0 Å². The van der Waals surface area contributed by atoms with Gasteiger partial charge in [-0.15, -0.1) is 0 Å². The number of carbonyl (C=O) groups excluding carboxylic acids is 1. The van der Waals surface area contributed by atoms with Crippen LogP contribution in [0.3, 0.4) is 0 Å². The molecule has 0 aliphatic carbocycles. The summed E-state index contributed by atoms with van der Waals surface area (Å²) in [6.45, 7) is 4.18. The quantitative estimate of drug-likeness (QED) is 0.810. The third kappa shape index (κ3) is 2.11. The van der Waals surface area contributed by atoms with Crippen LogP contribution < -0.4 is 5.32 Å². The Morgan fingerprint density at radius 1 is 1.31 bits per heavy atom. The van der Waals surface area contributed by atoms with E-state index in [1.165, 1.54) is 5.56 Å². The van der Waals surface area contributed by atoms with Crippen molar-refractivity contribution in [1.82, 2.24) is 5.32 Å². The van der Waals surface area contributed by atoms with Gasteiger partial charge >= 0.3 is 0 Å². The number of benzene rings is 1. The fourth-order valence-corrected chi connectivity index (χ4v) is 2.54. The van der Waals surface area contributed by atoms with Crippen LogP contribution in [-0.4, -0.2) is 11.9 Å². The molecule has 2 nitrogen and oxygen atoms in total. The molecule has 1 amide bonds. The summed E-state index contributed by atoms with van der Waals surface area (Å²) in [6, 6.07) is 10.7. The van der Waals surface area contributed by atoms with Crippen molar-refractivity contribution in [2.45, 2.75) is 38.6 Å². The summed E-state index contributed by atoms with van der Waals surface area (Å²) in [5.41, 5.74) is 1.34. The Balaban J connectivity index is 2.18. The predicted molar refractivity (Wildman–Crippen MR) is 65.2 cm³/mol. The fraction of sp³-hybridized carbons (Fsp3) is 0.500. The van der Waals surface area contributed by atoms with Gasteiger partial charge in [0.1, 0.15) is 0 Å². The minimum absolute atomic E-state index is 0.182. The van der Waals surface area contributed by atoms with Gasteiger partial charge in [-0.1, -0.05) is 37.3 Å². The molecule has 1 aromatic rings. The molecule has 0 aromatic heterocycles. The second-order valence-corrected chi connectivity index (χ2v) is 4.66. The van der Waals surface area contributed by atoms with Gasteiger partial charge in [0.25, 0.3) is 0 Å². The summed E-state index contributed by atoms with van der Waals surface area (Å²) in [4.78, 5) is 11.7. The number of piperidine rings is 1. The van der Waals surface area contributed by atoms with Crippen LogP contribution in [0.1, 0.15) is 38.2 Å². The molecule has 1 aliphatic rings. The highest BCUT2D eigenvalue weighted by Crippen LogP contribution is 2.32. The van der Waals surface area contributed by atoms with Gasteiger partial charge in [-0.2, -0.15) is 0 Å². The third-order valence-corrected chi connectivity index (χ3v) is 3.60. The van der Waals surface area contributed by atoms with E-state index in [4.69, 9.17) is 0 Å². The Labute approximate surface area is 97.1 Å². The lowest BCUT2D eigenvalue weighted by atomic mass is 9.79. The molecular weight excluding hydrogens is 198 g/mol. The standard InChI is InChI=1S/C14H19NO/c1-3-11-9-13(10(2)15-14(11)16)12-7-5-4-6-8-12/h4-8,10-11,13H,3,9H2,1-2H3,(H,15,16)/t10-,11+,13-/m1/s1. The molecule has 0 unspecified atom stereocenters. The largest absolute Gasteiger partial charge is 0.353 e. The van der Waals surface area contributed by atoms with E-state index in [0.717, 1.165) is 12.8 Å². The predicted octanol–water partition coefficient (Wildman–Crippen LogP) is 2.70. The fourth-order valence-electron chi connectivity index (χ4n) is 2.54. The van der Waals surface area contributed by atoms with E-state index >= 15 is 0 Å². The maximum atomic E-state index is 11.7. The highest BCUT2D eigenvalue weighted by atomic mass is 16.2. The average molecular weight is 217 g/mol. The zero-order valence-corrected chi connectivity index (χ0v) is 9.94. The van der Waals surface area contributed by atoms with Gasteiger partial charge in [0.2, 0.25) is 5.91 Å². The smallest absolute Gasteiger partial charge is 0.223 e. The molecule has 1 N–H and O–H groups in total. The molecule has 1 fully saturated rings. The van der Waals surface area contributed by atoms with E-state index in [1.54, 1.807) is 0 Å². The maximum Gasteiger partial charge on any atom is 0.223 e. The summed E-state index contributed by atoms with van der Waals surface area (Å²) in [5.74, 6) is 0.868. The number of carbonyl (C=O) groups is 1. The lowest BCUT2D eigenvalue weighted by molar-refractivity contribution is -0.128. The number of nitrogens with one attached hydrogen (secondary N) is 1. The summed E-state index contributed by atoms with van der Waals surface area (Å²) >= 11 is 0. The number of amides is 1. The van der Waals surface area contributed by atoms with Gasteiger partial charge in [0, 0.05) is 17.9 Å². The van der Waals surface area contributed by atoms with E-state index in [0.29, 0.717) is 5.92 Å². The molecule has 2 heteroatoms. The van der Waals surface area contributed by atoms with Crippen LogP contribution in [0.15, 0.2) is 30.3 Å². The first-order valence-corrected chi connectivity index (χ1v) is 6.07. The summed E-state index contributed by atoms with van der Waals surface area (Å²) in [6.07, 6.45) is 1.91. The van der Waals surface area contributed by atoms with E-state index in [1.807, 2.05) is 6.07 Å². The Bertz CT molecular complexity index is 360. The zero-order chi connectivity index (χ0) is 11.5. The SMILES string of the molecule is CC[C@H]1C[C@@H](c2ccccc2)[C@@H](C)NC1=O. The van der Waals surface area contributed by atoms with Crippen molar-refractivity contribution >= 4 is 5.91 Å². The minimum Gasteiger partial charge on any atom is -0.353 e. The topological polar surface area (TPSA) is 29.1 Å². The first-order chi connectivity index (χ1) is 7.72. The van der Waals surface area contributed by atoms with Crippen LogP contribution >= 0.6 is 0 Å². The average Bonchev–Trinajstić information content (AvgIpc) is 2.30. The molecular formula is C14H19NO. The van der Waals surface area contributed by atoms with Crippen molar-refractivity contribution in [1.29, 1.82) is 0 Å². The first-order valence-electron chi connectivity index (χ1n) is 6.07. The van der Waals surface area contributed by atoms with Gasteiger partial charge in [-0.25, -0.2) is 0 Å². The molecule has 1 aliphatic heterocycles. The molecule has 0 saturated carbocycles. The lowest BCUT2D eigenvalue weighted by Gasteiger charge is -2.34. The molecule has 86 valence electrons. The molecule has 3 atom stereocenters. The van der Waals surface area contributed by atoms with Crippen molar-refractivity contribution in [2.75, 3.05) is 0 Å². The highest BCUT2D eigenvalue weighted by molar-refractivity contribution is 5.80. The normalized spacial score (nSPS) is 29.9. The second kappa shape index (κ2) is 4.69. The highest BCUT2D eigenvalue weighted by Gasteiger charge is 2.32. The van der Waals surface area contributed by atoms with Crippen molar-refractivity contribution in [3.05, 3.63) is 35.9 Å². The number of hydrogen-bond donors (Lipinski definition) is 1. The molecule has 16 heavy (non-hydrogen) atoms. The summed E-state index contributed by atoms with van der Waals surface area (Å²) in [7, 11) is 0. The second-order valence-electron chi connectivity index (χ2n) is 4.66. The lowest BCUT2D eigenvalue weighted by Crippen LogP contribution is -2.46. The van der Waals surface area contributed by atoms with Gasteiger partial charge in [-0.3, -0.25) is 4.79 Å². The Hall–Kier alpha value is -1.31. The molecule has 1 saturated heterocycles. The molecule has 0 spiro atoms. The van der Waals surface area contributed by atoms with Gasteiger partial charge in [0.15, 0.2) is 0 Å². The van der Waals surface area contributed by atoms with E-state index in [2.05, 4.69) is 43.4 Å². The van der Waals surface area contributed by atoms with Crippen molar-refractivity contribution in [2.24, 2.45) is 5.92 Å². The third-order valence-electron chi connectivity index (χ3n) is 3.60. The maximum absolute atomic E-state index is 11.7. The molecule has 0 bridgehead atoms. The molecule has 0 radical (unpaired) electrons. The number of rotatable bonds is 2. The Morgan fingerprint density at radius 3 is 2.62 bits per heavy atom.